The highest BCUT2D eigenvalue weighted by Gasteiger charge is 2.32. The smallest absolute Gasteiger partial charge is 0.165 e. The van der Waals surface area contributed by atoms with E-state index in [0.717, 1.165) is 12.2 Å². The zero-order valence-electron chi connectivity index (χ0n) is 10.7. The highest BCUT2D eigenvalue weighted by Crippen LogP contribution is 2.29. The van der Waals surface area contributed by atoms with Crippen LogP contribution in [-0.4, -0.2) is 27.0 Å². The second-order valence-corrected chi connectivity index (χ2v) is 4.35. The molecule has 1 N–H and O–H groups in total. The quantitative estimate of drug-likeness (QED) is 0.830. The molecule has 0 aliphatic rings. The van der Waals surface area contributed by atoms with Crippen LogP contribution in [0.25, 0.3) is 0 Å². The average Bonchev–Trinajstić information content (AvgIpc) is 2.72. The number of nitrogens with zero attached hydrogens (tertiary/aromatic N) is 3. The van der Waals surface area contributed by atoms with E-state index in [0.29, 0.717) is 5.82 Å². The van der Waals surface area contributed by atoms with Crippen LogP contribution in [0.5, 0.6) is 0 Å². The van der Waals surface area contributed by atoms with E-state index in [1.54, 1.807) is 7.11 Å². The summed E-state index contributed by atoms with van der Waals surface area (Å²) in [5, 5.41) is 17.4. The Balaban J connectivity index is 3.28. The van der Waals surface area contributed by atoms with Gasteiger partial charge in [-0.1, -0.05) is 6.92 Å². The molecule has 5 nitrogen and oxygen atoms in total. The number of rotatable bonds is 5. The third kappa shape index (κ3) is 2.10. The van der Waals surface area contributed by atoms with Crippen molar-refractivity contribution in [2.45, 2.75) is 52.4 Å². The molecule has 0 saturated heterocycles. The highest BCUT2D eigenvalue weighted by atomic mass is 16.5. The van der Waals surface area contributed by atoms with E-state index < -0.39 is 5.60 Å². The molecule has 0 aliphatic carbocycles. The summed E-state index contributed by atoms with van der Waals surface area (Å²) in [4.78, 5) is 0. The minimum absolute atomic E-state index is 0.102. The molecule has 0 aromatic carbocycles. The third-order valence-electron chi connectivity index (χ3n) is 3.02. The summed E-state index contributed by atoms with van der Waals surface area (Å²) in [7, 11) is 1.67. The van der Waals surface area contributed by atoms with Gasteiger partial charge in [-0.25, -0.2) is 0 Å². The Hall–Kier alpha value is -0.940. The molecule has 0 aliphatic heterocycles. The summed E-state index contributed by atoms with van der Waals surface area (Å²) in [5.74, 6) is 1.36. The highest BCUT2D eigenvalue weighted by molar-refractivity contribution is 5.06. The summed E-state index contributed by atoms with van der Waals surface area (Å²) < 4.78 is 7.45. The molecule has 0 spiro atoms. The van der Waals surface area contributed by atoms with E-state index in [9.17, 15) is 5.11 Å². The summed E-state index contributed by atoms with van der Waals surface area (Å²) in [5.41, 5.74) is -0.454. The van der Waals surface area contributed by atoms with E-state index in [1.165, 1.54) is 0 Å². The summed E-state index contributed by atoms with van der Waals surface area (Å²) in [6.45, 7) is 8.00. The van der Waals surface area contributed by atoms with Gasteiger partial charge in [0.15, 0.2) is 11.6 Å². The van der Waals surface area contributed by atoms with Gasteiger partial charge in [0, 0.05) is 13.2 Å². The second-order valence-electron chi connectivity index (χ2n) is 4.35. The molecule has 1 rings (SSSR count). The fourth-order valence-electron chi connectivity index (χ4n) is 1.73. The molecule has 0 radical (unpaired) electrons. The Morgan fingerprint density at radius 1 is 1.44 bits per heavy atom. The van der Waals surface area contributed by atoms with Gasteiger partial charge < -0.3 is 14.4 Å². The zero-order chi connectivity index (χ0) is 12.3. The summed E-state index contributed by atoms with van der Waals surface area (Å²) >= 11 is 0. The minimum atomic E-state index is -0.454. The first-order valence-corrected chi connectivity index (χ1v) is 5.60. The Kier molecular flexibility index (Phi) is 4.04. The Morgan fingerprint density at radius 3 is 2.44 bits per heavy atom. The van der Waals surface area contributed by atoms with Crippen molar-refractivity contribution in [1.29, 1.82) is 0 Å². The van der Waals surface area contributed by atoms with Gasteiger partial charge in [0.25, 0.3) is 0 Å². The van der Waals surface area contributed by atoms with Crippen molar-refractivity contribution >= 4 is 0 Å². The lowest BCUT2D eigenvalue weighted by Gasteiger charge is -2.27. The number of methoxy groups -OCH3 is 1. The number of ether oxygens (including phenoxy) is 1. The average molecular weight is 227 g/mol. The molecular formula is C11H21N3O2. The predicted molar refractivity (Wildman–Crippen MR) is 61.0 cm³/mol. The Labute approximate surface area is 96.5 Å². The number of aliphatic hydroxyl groups is 1. The monoisotopic (exact) mass is 227 g/mol. The van der Waals surface area contributed by atoms with Crippen LogP contribution in [0.2, 0.25) is 0 Å². The van der Waals surface area contributed by atoms with Gasteiger partial charge in [-0.3, -0.25) is 0 Å². The molecule has 92 valence electrons. The maximum atomic E-state index is 9.23. The van der Waals surface area contributed by atoms with Gasteiger partial charge in [0.1, 0.15) is 12.2 Å². The van der Waals surface area contributed by atoms with Crippen molar-refractivity contribution in [2.75, 3.05) is 7.11 Å². The predicted octanol–water partition coefficient (Wildman–Crippen LogP) is 1.62. The van der Waals surface area contributed by atoms with Crippen molar-refractivity contribution in [3.05, 3.63) is 11.6 Å². The normalized spacial score (nSPS) is 15.4. The molecule has 16 heavy (non-hydrogen) atoms. The molecule has 0 fully saturated rings. The number of hydrogen-bond acceptors (Lipinski definition) is 4. The number of hydrogen-bond donors (Lipinski definition) is 1. The summed E-state index contributed by atoms with van der Waals surface area (Å²) in [6, 6.07) is 0.202. The summed E-state index contributed by atoms with van der Waals surface area (Å²) in [6.07, 6.45) is 0.805. The molecule has 0 bridgehead atoms. The van der Waals surface area contributed by atoms with Crippen LogP contribution in [0.3, 0.4) is 0 Å². The maximum absolute atomic E-state index is 9.23. The molecule has 1 unspecified atom stereocenters. The topological polar surface area (TPSA) is 60.2 Å². The van der Waals surface area contributed by atoms with Crippen molar-refractivity contribution < 1.29 is 9.84 Å². The van der Waals surface area contributed by atoms with E-state index in [-0.39, 0.29) is 12.6 Å². The largest absolute Gasteiger partial charge is 0.388 e. The van der Waals surface area contributed by atoms with E-state index >= 15 is 0 Å². The fourth-order valence-corrected chi connectivity index (χ4v) is 1.73. The molecular weight excluding hydrogens is 206 g/mol. The second kappa shape index (κ2) is 4.93. The van der Waals surface area contributed by atoms with Crippen LogP contribution in [0.15, 0.2) is 0 Å². The molecule has 1 aromatic heterocycles. The number of aliphatic hydroxyl groups excluding tert-OH is 1. The molecule has 0 amide bonds. The molecule has 1 atom stereocenters. The first kappa shape index (κ1) is 13.1. The van der Waals surface area contributed by atoms with Crippen LogP contribution in [0.4, 0.5) is 0 Å². The maximum Gasteiger partial charge on any atom is 0.165 e. The van der Waals surface area contributed by atoms with Crippen molar-refractivity contribution in [3.63, 3.8) is 0 Å². The molecule has 1 aromatic rings. The number of aromatic nitrogens is 3. The lowest BCUT2D eigenvalue weighted by atomic mass is 10.0. The van der Waals surface area contributed by atoms with Gasteiger partial charge >= 0.3 is 0 Å². The van der Waals surface area contributed by atoms with Crippen LogP contribution in [-0.2, 0) is 16.9 Å². The van der Waals surface area contributed by atoms with Crippen molar-refractivity contribution in [2.24, 2.45) is 0 Å². The third-order valence-corrected chi connectivity index (χ3v) is 3.02. The van der Waals surface area contributed by atoms with Gasteiger partial charge in [-0.2, -0.15) is 0 Å². The van der Waals surface area contributed by atoms with Gasteiger partial charge in [-0.15, -0.1) is 10.2 Å². The van der Waals surface area contributed by atoms with Crippen LogP contribution in [0, 0.1) is 0 Å². The van der Waals surface area contributed by atoms with Crippen LogP contribution in [0.1, 0.15) is 51.8 Å². The molecule has 0 saturated carbocycles. The molecule has 1 heterocycles. The first-order valence-electron chi connectivity index (χ1n) is 5.60. The Morgan fingerprint density at radius 2 is 2.06 bits per heavy atom. The first-order chi connectivity index (χ1) is 7.50. The van der Waals surface area contributed by atoms with E-state index in [4.69, 9.17) is 4.74 Å². The lowest BCUT2D eigenvalue weighted by Crippen LogP contribution is -2.29. The van der Waals surface area contributed by atoms with Gasteiger partial charge in [0.05, 0.1) is 0 Å². The zero-order valence-corrected chi connectivity index (χ0v) is 10.7. The standard InChI is InChI=1S/C11H21N3O2/c1-6-11(4,16-5)10-13-12-9(7-15)14(10)8(2)3/h8,15H,6-7H2,1-5H3. The van der Waals surface area contributed by atoms with Gasteiger partial charge in [0.2, 0.25) is 0 Å². The Bertz CT molecular complexity index is 343. The van der Waals surface area contributed by atoms with E-state index in [1.807, 2.05) is 32.3 Å². The fraction of sp³-hybridized carbons (Fsp3) is 0.818. The van der Waals surface area contributed by atoms with E-state index in [2.05, 4.69) is 10.2 Å². The molecule has 5 heteroatoms. The van der Waals surface area contributed by atoms with Crippen molar-refractivity contribution in [1.82, 2.24) is 14.8 Å². The van der Waals surface area contributed by atoms with Crippen LogP contribution < -0.4 is 0 Å². The minimum Gasteiger partial charge on any atom is -0.388 e. The van der Waals surface area contributed by atoms with Crippen molar-refractivity contribution in [3.8, 4) is 0 Å². The lowest BCUT2D eigenvalue weighted by molar-refractivity contribution is -0.0131. The SMILES string of the molecule is CCC(C)(OC)c1nnc(CO)n1C(C)C. The van der Waals surface area contributed by atoms with Crippen LogP contribution >= 0.6 is 0 Å². The van der Waals surface area contributed by atoms with Gasteiger partial charge in [-0.05, 0) is 27.2 Å².